The summed E-state index contributed by atoms with van der Waals surface area (Å²) in [7, 11) is 1.57. The Balaban J connectivity index is 1.63. The van der Waals surface area contributed by atoms with Crippen LogP contribution in [0.3, 0.4) is 0 Å². The van der Waals surface area contributed by atoms with Crippen LogP contribution in [0.4, 0.5) is 0 Å². The van der Waals surface area contributed by atoms with Gasteiger partial charge >= 0.3 is 5.97 Å². The van der Waals surface area contributed by atoms with Gasteiger partial charge in [0, 0.05) is 11.6 Å². The van der Waals surface area contributed by atoms with E-state index in [1.165, 1.54) is 12.5 Å². The number of carbonyl (C=O) groups is 1. The number of rotatable bonds is 7. The predicted molar refractivity (Wildman–Crippen MR) is 98.6 cm³/mol. The average molecular weight is 366 g/mol. The third kappa shape index (κ3) is 4.72. The molecule has 0 aliphatic rings. The van der Waals surface area contributed by atoms with Crippen molar-refractivity contribution in [1.29, 1.82) is 0 Å². The summed E-state index contributed by atoms with van der Waals surface area (Å²) < 4.78 is 21.1. The number of esters is 1. The summed E-state index contributed by atoms with van der Waals surface area (Å²) in [6, 6.07) is 12.2. The van der Waals surface area contributed by atoms with Gasteiger partial charge in [-0.05, 0) is 55.0 Å². The van der Waals surface area contributed by atoms with Gasteiger partial charge in [-0.1, -0.05) is 6.07 Å². The molecule has 7 nitrogen and oxygen atoms in total. The minimum atomic E-state index is -0.492. The molecule has 0 amide bonds. The quantitative estimate of drug-likeness (QED) is 0.357. The van der Waals surface area contributed by atoms with Crippen LogP contribution in [0.5, 0.6) is 17.2 Å². The van der Waals surface area contributed by atoms with Gasteiger partial charge in [-0.2, -0.15) is 0 Å². The lowest BCUT2D eigenvalue weighted by Gasteiger charge is -2.09. The molecule has 2 aromatic carbocycles. The van der Waals surface area contributed by atoms with Crippen molar-refractivity contribution in [3.8, 4) is 28.7 Å². The summed E-state index contributed by atoms with van der Waals surface area (Å²) in [5.74, 6) is 1.58. The van der Waals surface area contributed by atoms with E-state index in [0.717, 1.165) is 11.1 Å². The van der Waals surface area contributed by atoms with Gasteiger partial charge in [0.25, 0.3) is 0 Å². The van der Waals surface area contributed by atoms with Gasteiger partial charge in [0.2, 0.25) is 12.3 Å². The van der Waals surface area contributed by atoms with Crippen molar-refractivity contribution >= 4 is 12.0 Å². The molecule has 0 N–H and O–H groups in total. The Morgan fingerprint density at radius 2 is 1.96 bits per heavy atom. The Hall–Kier alpha value is -3.61. The van der Waals surface area contributed by atoms with Gasteiger partial charge in [0.15, 0.2) is 11.5 Å². The molecule has 3 rings (SSSR count). The third-order valence-corrected chi connectivity index (χ3v) is 3.58. The number of ether oxygens (including phenoxy) is 3. The SMILES string of the molecule is CCOc1ccc(/C=C/C(=O)Oc2ccc(-c3nnco3)cc2)cc1OC. The first-order valence-electron chi connectivity index (χ1n) is 8.27. The molecular formula is C20H18N2O5. The molecule has 0 aliphatic heterocycles. The van der Waals surface area contributed by atoms with Gasteiger partial charge in [-0.3, -0.25) is 0 Å². The zero-order valence-electron chi connectivity index (χ0n) is 14.9. The normalized spacial score (nSPS) is 10.7. The molecule has 138 valence electrons. The molecule has 0 radical (unpaired) electrons. The van der Waals surface area contributed by atoms with Crippen LogP contribution in [0.2, 0.25) is 0 Å². The van der Waals surface area contributed by atoms with E-state index in [0.29, 0.717) is 29.7 Å². The minimum absolute atomic E-state index is 0.400. The van der Waals surface area contributed by atoms with E-state index in [1.54, 1.807) is 49.6 Å². The highest BCUT2D eigenvalue weighted by molar-refractivity contribution is 5.88. The fraction of sp³-hybridized carbons (Fsp3) is 0.150. The zero-order valence-corrected chi connectivity index (χ0v) is 14.9. The Morgan fingerprint density at radius 1 is 1.15 bits per heavy atom. The van der Waals surface area contributed by atoms with E-state index >= 15 is 0 Å². The van der Waals surface area contributed by atoms with Crippen LogP contribution in [-0.4, -0.2) is 29.9 Å². The van der Waals surface area contributed by atoms with Crippen molar-refractivity contribution in [3.05, 3.63) is 60.5 Å². The molecule has 0 spiro atoms. The molecular weight excluding hydrogens is 348 g/mol. The number of carbonyl (C=O) groups excluding carboxylic acids is 1. The predicted octanol–water partition coefficient (Wildman–Crippen LogP) is 3.76. The van der Waals surface area contributed by atoms with E-state index in [9.17, 15) is 4.79 Å². The highest BCUT2D eigenvalue weighted by Gasteiger charge is 2.06. The standard InChI is InChI=1S/C20H18N2O5/c1-3-25-17-10-4-14(12-18(17)24-2)5-11-19(23)27-16-8-6-15(7-9-16)20-22-21-13-26-20/h4-13H,3H2,1-2H3/b11-5+. The lowest BCUT2D eigenvalue weighted by atomic mass is 10.2. The molecule has 27 heavy (non-hydrogen) atoms. The summed E-state index contributed by atoms with van der Waals surface area (Å²) in [5.41, 5.74) is 1.53. The number of hydrogen-bond acceptors (Lipinski definition) is 7. The largest absolute Gasteiger partial charge is 0.493 e. The van der Waals surface area contributed by atoms with Crippen molar-refractivity contribution in [3.63, 3.8) is 0 Å². The van der Waals surface area contributed by atoms with Gasteiger partial charge < -0.3 is 18.6 Å². The average Bonchev–Trinajstić information content (AvgIpc) is 3.23. The number of benzene rings is 2. The summed E-state index contributed by atoms with van der Waals surface area (Å²) in [5, 5.41) is 7.44. The number of nitrogens with zero attached hydrogens (tertiary/aromatic N) is 2. The first kappa shape index (κ1) is 18.2. The van der Waals surface area contributed by atoms with Crippen molar-refractivity contribution in [1.82, 2.24) is 10.2 Å². The fourth-order valence-corrected chi connectivity index (χ4v) is 2.34. The van der Waals surface area contributed by atoms with Crippen LogP contribution in [-0.2, 0) is 4.79 Å². The molecule has 1 heterocycles. The molecule has 3 aromatic rings. The van der Waals surface area contributed by atoms with Crippen molar-refractivity contribution < 1.29 is 23.4 Å². The second-order valence-electron chi connectivity index (χ2n) is 5.37. The van der Waals surface area contributed by atoms with Crippen molar-refractivity contribution in [2.45, 2.75) is 6.92 Å². The van der Waals surface area contributed by atoms with E-state index in [2.05, 4.69) is 10.2 Å². The molecule has 0 saturated carbocycles. The summed E-state index contributed by atoms with van der Waals surface area (Å²) >= 11 is 0. The molecule has 0 saturated heterocycles. The number of aromatic nitrogens is 2. The number of hydrogen-bond donors (Lipinski definition) is 0. The second-order valence-corrected chi connectivity index (χ2v) is 5.37. The Kier molecular flexibility index (Phi) is 5.84. The van der Waals surface area contributed by atoms with Gasteiger partial charge in [0.05, 0.1) is 13.7 Å². The minimum Gasteiger partial charge on any atom is -0.493 e. The van der Waals surface area contributed by atoms with Crippen LogP contribution >= 0.6 is 0 Å². The summed E-state index contributed by atoms with van der Waals surface area (Å²) in [6.45, 7) is 2.45. The van der Waals surface area contributed by atoms with E-state index < -0.39 is 5.97 Å². The lowest BCUT2D eigenvalue weighted by molar-refractivity contribution is -0.128. The van der Waals surface area contributed by atoms with E-state index in [-0.39, 0.29) is 0 Å². The molecule has 0 unspecified atom stereocenters. The number of methoxy groups -OCH3 is 1. The second kappa shape index (κ2) is 8.66. The molecule has 1 aromatic heterocycles. The highest BCUT2D eigenvalue weighted by atomic mass is 16.5. The Morgan fingerprint density at radius 3 is 2.63 bits per heavy atom. The van der Waals surface area contributed by atoms with Crippen LogP contribution in [0.25, 0.3) is 17.5 Å². The van der Waals surface area contributed by atoms with Gasteiger partial charge in [-0.15, -0.1) is 10.2 Å². The fourth-order valence-electron chi connectivity index (χ4n) is 2.34. The Labute approximate surface area is 156 Å². The van der Waals surface area contributed by atoms with Crippen LogP contribution in [0.1, 0.15) is 12.5 Å². The van der Waals surface area contributed by atoms with Crippen LogP contribution < -0.4 is 14.2 Å². The molecule has 0 aliphatic carbocycles. The van der Waals surface area contributed by atoms with Crippen LogP contribution in [0.15, 0.2) is 59.4 Å². The van der Waals surface area contributed by atoms with Crippen molar-refractivity contribution in [2.24, 2.45) is 0 Å². The maximum atomic E-state index is 12.0. The zero-order chi connectivity index (χ0) is 19.1. The first-order chi connectivity index (χ1) is 13.2. The molecule has 0 fully saturated rings. The topological polar surface area (TPSA) is 83.7 Å². The molecule has 0 bridgehead atoms. The summed E-state index contributed by atoms with van der Waals surface area (Å²) in [4.78, 5) is 12.0. The van der Waals surface area contributed by atoms with Gasteiger partial charge in [0.1, 0.15) is 5.75 Å². The van der Waals surface area contributed by atoms with E-state index in [4.69, 9.17) is 18.6 Å². The van der Waals surface area contributed by atoms with Gasteiger partial charge in [-0.25, -0.2) is 4.79 Å². The Bertz CT molecular complexity index is 918. The maximum Gasteiger partial charge on any atom is 0.336 e. The maximum absolute atomic E-state index is 12.0. The van der Waals surface area contributed by atoms with E-state index in [1.807, 2.05) is 13.0 Å². The van der Waals surface area contributed by atoms with Crippen LogP contribution in [0, 0.1) is 0 Å². The van der Waals surface area contributed by atoms with Crippen molar-refractivity contribution in [2.75, 3.05) is 13.7 Å². The monoisotopic (exact) mass is 366 g/mol. The highest BCUT2D eigenvalue weighted by Crippen LogP contribution is 2.28. The molecule has 0 atom stereocenters. The summed E-state index contributed by atoms with van der Waals surface area (Å²) in [6.07, 6.45) is 4.25. The lowest BCUT2D eigenvalue weighted by Crippen LogP contribution is -2.03. The molecule has 7 heteroatoms. The third-order valence-electron chi connectivity index (χ3n) is 3.58. The first-order valence-corrected chi connectivity index (χ1v) is 8.27. The smallest absolute Gasteiger partial charge is 0.336 e.